The Labute approximate surface area is 110 Å². The molecule has 1 aliphatic rings. The van der Waals surface area contributed by atoms with Gasteiger partial charge in [-0.25, -0.2) is 0 Å². The standard InChI is InChI=1S/C13H17NO3S/c15-11(3-2-10-4-7-18-9-10)14-13(5-1-6-13)8-12(16)17/h4,7,9H,1-3,5-6,8H2,(H,14,15)(H,16,17). The lowest BCUT2D eigenvalue weighted by molar-refractivity contribution is -0.140. The van der Waals surface area contributed by atoms with Gasteiger partial charge in [-0.15, -0.1) is 0 Å². The third-order valence-corrected chi connectivity index (χ3v) is 4.16. The minimum absolute atomic E-state index is 0.0389. The predicted molar refractivity (Wildman–Crippen MR) is 69.6 cm³/mol. The molecule has 98 valence electrons. The lowest BCUT2D eigenvalue weighted by atomic mass is 9.74. The molecule has 1 fully saturated rings. The van der Waals surface area contributed by atoms with Gasteiger partial charge in [-0.05, 0) is 48.1 Å². The summed E-state index contributed by atoms with van der Waals surface area (Å²) in [4.78, 5) is 22.6. The van der Waals surface area contributed by atoms with E-state index in [9.17, 15) is 9.59 Å². The number of thiophene rings is 1. The molecule has 0 aliphatic heterocycles. The molecule has 0 saturated heterocycles. The van der Waals surface area contributed by atoms with Crippen LogP contribution in [0.5, 0.6) is 0 Å². The molecule has 0 atom stereocenters. The van der Waals surface area contributed by atoms with Crippen LogP contribution in [0.25, 0.3) is 0 Å². The Kier molecular flexibility index (Phi) is 4.01. The van der Waals surface area contributed by atoms with Crippen molar-refractivity contribution in [2.45, 2.75) is 44.1 Å². The molecule has 0 spiro atoms. The molecule has 4 nitrogen and oxygen atoms in total. The third kappa shape index (κ3) is 3.32. The van der Waals surface area contributed by atoms with E-state index in [0.29, 0.717) is 6.42 Å². The maximum atomic E-state index is 11.8. The summed E-state index contributed by atoms with van der Waals surface area (Å²) in [5.74, 6) is -0.880. The van der Waals surface area contributed by atoms with Crippen molar-refractivity contribution in [2.75, 3.05) is 0 Å². The first-order chi connectivity index (χ1) is 8.60. The monoisotopic (exact) mass is 267 g/mol. The van der Waals surface area contributed by atoms with Crippen LogP contribution in [0.3, 0.4) is 0 Å². The molecule has 0 unspecified atom stereocenters. The van der Waals surface area contributed by atoms with E-state index in [-0.39, 0.29) is 12.3 Å². The highest BCUT2D eigenvalue weighted by molar-refractivity contribution is 7.07. The largest absolute Gasteiger partial charge is 0.481 e. The molecule has 1 aromatic heterocycles. The van der Waals surface area contributed by atoms with E-state index in [2.05, 4.69) is 5.32 Å². The lowest BCUT2D eigenvalue weighted by Gasteiger charge is -2.41. The fourth-order valence-corrected chi connectivity index (χ4v) is 2.99. The van der Waals surface area contributed by atoms with Crippen molar-refractivity contribution >= 4 is 23.2 Å². The fraction of sp³-hybridized carbons (Fsp3) is 0.538. The maximum Gasteiger partial charge on any atom is 0.305 e. The normalized spacial score (nSPS) is 16.9. The van der Waals surface area contributed by atoms with Gasteiger partial charge in [0.2, 0.25) is 5.91 Å². The van der Waals surface area contributed by atoms with Crippen LogP contribution < -0.4 is 5.32 Å². The van der Waals surface area contributed by atoms with Gasteiger partial charge in [-0.2, -0.15) is 11.3 Å². The summed E-state index contributed by atoms with van der Waals surface area (Å²) in [5, 5.41) is 15.8. The Bertz CT molecular complexity index is 423. The van der Waals surface area contributed by atoms with Crippen molar-refractivity contribution in [3.8, 4) is 0 Å². The third-order valence-electron chi connectivity index (χ3n) is 3.43. The van der Waals surface area contributed by atoms with Crippen LogP contribution in [0.15, 0.2) is 16.8 Å². The van der Waals surface area contributed by atoms with E-state index >= 15 is 0 Å². The van der Waals surface area contributed by atoms with Gasteiger partial charge in [0.25, 0.3) is 0 Å². The number of aliphatic carboxylic acids is 1. The predicted octanol–water partition coefficient (Wildman–Crippen LogP) is 2.19. The summed E-state index contributed by atoms with van der Waals surface area (Å²) in [7, 11) is 0. The fourth-order valence-electron chi connectivity index (χ4n) is 2.29. The van der Waals surface area contributed by atoms with Gasteiger partial charge in [0.15, 0.2) is 0 Å². The van der Waals surface area contributed by atoms with E-state index in [1.807, 2.05) is 16.8 Å². The van der Waals surface area contributed by atoms with E-state index in [1.165, 1.54) is 0 Å². The Balaban J connectivity index is 1.80. The molecule has 1 amide bonds. The SMILES string of the molecule is O=C(O)CC1(NC(=O)CCc2ccsc2)CCC1. The van der Waals surface area contributed by atoms with Crippen molar-refractivity contribution in [3.05, 3.63) is 22.4 Å². The number of carboxylic acid groups (broad SMARTS) is 1. The van der Waals surface area contributed by atoms with E-state index in [4.69, 9.17) is 5.11 Å². The Morgan fingerprint density at radius 2 is 2.22 bits per heavy atom. The van der Waals surface area contributed by atoms with Crippen molar-refractivity contribution in [3.63, 3.8) is 0 Å². The van der Waals surface area contributed by atoms with Crippen LogP contribution in [0.4, 0.5) is 0 Å². The van der Waals surface area contributed by atoms with E-state index in [0.717, 1.165) is 31.2 Å². The van der Waals surface area contributed by atoms with Gasteiger partial charge in [-0.3, -0.25) is 9.59 Å². The average molecular weight is 267 g/mol. The van der Waals surface area contributed by atoms with E-state index in [1.54, 1.807) is 11.3 Å². The first-order valence-electron chi connectivity index (χ1n) is 6.14. The number of rotatable bonds is 6. The molecule has 1 aromatic rings. The molecule has 1 aliphatic carbocycles. The van der Waals surface area contributed by atoms with Crippen molar-refractivity contribution < 1.29 is 14.7 Å². The van der Waals surface area contributed by atoms with Gasteiger partial charge in [0.1, 0.15) is 0 Å². The zero-order chi connectivity index (χ0) is 13.0. The zero-order valence-electron chi connectivity index (χ0n) is 10.1. The highest BCUT2D eigenvalue weighted by Gasteiger charge is 2.40. The summed E-state index contributed by atoms with van der Waals surface area (Å²) in [6.45, 7) is 0. The van der Waals surface area contributed by atoms with Gasteiger partial charge in [-0.1, -0.05) is 0 Å². The molecule has 2 rings (SSSR count). The molecule has 1 heterocycles. The molecule has 18 heavy (non-hydrogen) atoms. The number of nitrogens with one attached hydrogen (secondary N) is 1. The molecular formula is C13H17NO3S. The zero-order valence-corrected chi connectivity index (χ0v) is 11.0. The molecule has 1 saturated carbocycles. The topological polar surface area (TPSA) is 66.4 Å². The Morgan fingerprint density at radius 3 is 2.72 bits per heavy atom. The van der Waals surface area contributed by atoms with Crippen molar-refractivity contribution in [1.29, 1.82) is 0 Å². The second kappa shape index (κ2) is 5.52. The Morgan fingerprint density at radius 1 is 1.44 bits per heavy atom. The number of carbonyl (C=O) groups excluding carboxylic acids is 1. The first-order valence-corrected chi connectivity index (χ1v) is 7.08. The summed E-state index contributed by atoms with van der Waals surface area (Å²) in [6, 6.07) is 2.01. The van der Waals surface area contributed by atoms with Crippen molar-refractivity contribution in [2.24, 2.45) is 0 Å². The summed E-state index contributed by atoms with van der Waals surface area (Å²) in [6.07, 6.45) is 3.75. The molecular weight excluding hydrogens is 250 g/mol. The summed E-state index contributed by atoms with van der Waals surface area (Å²) >= 11 is 1.62. The van der Waals surface area contributed by atoms with Gasteiger partial charge < -0.3 is 10.4 Å². The quantitative estimate of drug-likeness (QED) is 0.830. The van der Waals surface area contributed by atoms with Crippen LogP contribution in [0.1, 0.15) is 37.7 Å². The minimum atomic E-state index is -0.840. The van der Waals surface area contributed by atoms with E-state index < -0.39 is 11.5 Å². The molecule has 5 heteroatoms. The number of carbonyl (C=O) groups is 2. The minimum Gasteiger partial charge on any atom is -0.481 e. The number of aryl methyl sites for hydroxylation is 1. The lowest BCUT2D eigenvalue weighted by Crippen LogP contribution is -2.54. The van der Waals surface area contributed by atoms with Crippen LogP contribution >= 0.6 is 11.3 Å². The average Bonchev–Trinajstić information content (AvgIpc) is 2.75. The number of hydrogen-bond donors (Lipinski definition) is 2. The van der Waals surface area contributed by atoms with Crippen molar-refractivity contribution in [1.82, 2.24) is 5.32 Å². The molecule has 0 radical (unpaired) electrons. The smallest absolute Gasteiger partial charge is 0.305 e. The highest BCUT2D eigenvalue weighted by atomic mass is 32.1. The number of amides is 1. The Hall–Kier alpha value is -1.36. The van der Waals surface area contributed by atoms with Crippen LogP contribution in [0, 0.1) is 0 Å². The van der Waals surface area contributed by atoms with Gasteiger partial charge in [0.05, 0.1) is 12.0 Å². The molecule has 0 bridgehead atoms. The summed E-state index contributed by atoms with van der Waals surface area (Å²) < 4.78 is 0. The summed E-state index contributed by atoms with van der Waals surface area (Å²) in [5.41, 5.74) is 0.688. The molecule has 0 aromatic carbocycles. The maximum absolute atomic E-state index is 11.8. The second-order valence-corrected chi connectivity index (χ2v) is 5.66. The van der Waals surface area contributed by atoms with Gasteiger partial charge in [0, 0.05) is 6.42 Å². The number of hydrogen-bond acceptors (Lipinski definition) is 3. The van der Waals surface area contributed by atoms with Gasteiger partial charge >= 0.3 is 5.97 Å². The second-order valence-electron chi connectivity index (χ2n) is 4.88. The first kappa shape index (κ1) is 13.1. The van der Waals surface area contributed by atoms with Crippen LogP contribution in [0.2, 0.25) is 0 Å². The highest BCUT2D eigenvalue weighted by Crippen LogP contribution is 2.35. The number of carboxylic acids is 1. The molecule has 2 N–H and O–H groups in total. The van der Waals surface area contributed by atoms with Crippen LogP contribution in [-0.2, 0) is 16.0 Å². The van der Waals surface area contributed by atoms with Crippen LogP contribution in [-0.4, -0.2) is 22.5 Å².